The minimum Gasteiger partial charge on any atom is -0.507 e. The van der Waals surface area contributed by atoms with Crippen molar-refractivity contribution in [1.29, 1.82) is 0 Å². The van der Waals surface area contributed by atoms with Crippen LogP contribution in [0.5, 0.6) is 5.75 Å². The molecule has 6 nitrogen and oxygen atoms in total. The van der Waals surface area contributed by atoms with Gasteiger partial charge < -0.3 is 19.2 Å². The van der Waals surface area contributed by atoms with E-state index in [9.17, 15) is 19.1 Å². The van der Waals surface area contributed by atoms with Gasteiger partial charge in [0.25, 0.3) is 11.7 Å². The van der Waals surface area contributed by atoms with Crippen molar-refractivity contribution in [2.24, 2.45) is 0 Å². The van der Waals surface area contributed by atoms with Crippen LogP contribution in [0.3, 0.4) is 0 Å². The highest BCUT2D eigenvalue weighted by Crippen LogP contribution is 2.40. The minimum absolute atomic E-state index is 0.0262. The van der Waals surface area contributed by atoms with Crippen molar-refractivity contribution in [1.82, 2.24) is 4.90 Å². The number of benzene rings is 2. The number of carbonyl (C=O) groups is 2. The number of rotatable bonds is 6. The number of methoxy groups -OCH3 is 1. The maximum absolute atomic E-state index is 13.2. The molecule has 1 N–H and O–H groups in total. The molecule has 1 fully saturated rings. The number of halogens is 1. The SMILES string of the molecule is COc1cc(C)c(/C(O)=C2/C(=O)C(=O)N(CCc3ccc(F)cc3)C2c2ccco2)cc1C. The summed E-state index contributed by atoms with van der Waals surface area (Å²) >= 11 is 0. The normalized spacial score (nSPS) is 17.6. The highest BCUT2D eigenvalue weighted by Gasteiger charge is 2.47. The van der Waals surface area contributed by atoms with Crippen LogP contribution in [0, 0.1) is 19.7 Å². The van der Waals surface area contributed by atoms with Gasteiger partial charge in [-0.1, -0.05) is 12.1 Å². The summed E-state index contributed by atoms with van der Waals surface area (Å²) < 4.78 is 24.1. The van der Waals surface area contributed by atoms with Gasteiger partial charge in [-0.25, -0.2) is 4.39 Å². The van der Waals surface area contributed by atoms with E-state index in [1.807, 2.05) is 6.92 Å². The fourth-order valence-electron chi connectivity index (χ4n) is 4.16. The summed E-state index contributed by atoms with van der Waals surface area (Å²) in [6.45, 7) is 3.82. The Kier molecular flexibility index (Phi) is 6.05. The first kappa shape index (κ1) is 22.3. The molecule has 7 heteroatoms. The number of Topliss-reactive ketones (excluding diaryl/α,β-unsaturated/α-hetero) is 1. The maximum atomic E-state index is 13.2. The van der Waals surface area contributed by atoms with E-state index in [2.05, 4.69) is 0 Å². The van der Waals surface area contributed by atoms with E-state index in [1.165, 1.54) is 23.3 Å². The molecule has 0 saturated carbocycles. The van der Waals surface area contributed by atoms with Crippen LogP contribution < -0.4 is 4.74 Å². The third-order valence-electron chi connectivity index (χ3n) is 5.90. The third kappa shape index (κ3) is 4.14. The van der Waals surface area contributed by atoms with Crippen LogP contribution in [0.4, 0.5) is 4.39 Å². The fourth-order valence-corrected chi connectivity index (χ4v) is 4.16. The number of aliphatic hydroxyl groups excluding tert-OH is 1. The van der Waals surface area contributed by atoms with Crippen LogP contribution in [0.25, 0.3) is 5.76 Å². The number of hydrogen-bond donors (Lipinski definition) is 1. The largest absolute Gasteiger partial charge is 0.507 e. The van der Waals surface area contributed by atoms with Crippen LogP contribution in [0.15, 0.2) is 64.8 Å². The van der Waals surface area contributed by atoms with Crippen molar-refractivity contribution in [3.05, 3.63) is 94.2 Å². The average molecular weight is 449 g/mol. The van der Waals surface area contributed by atoms with Crippen LogP contribution in [-0.4, -0.2) is 35.4 Å². The zero-order valence-electron chi connectivity index (χ0n) is 18.6. The van der Waals surface area contributed by atoms with Crippen LogP contribution in [0.2, 0.25) is 0 Å². The first-order valence-electron chi connectivity index (χ1n) is 10.5. The number of amides is 1. The van der Waals surface area contributed by atoms with E-state index in [-0.39, 0.29) is 23.7 Å². The Balaban J connectivity index is 1.77. The van der Waals surface area contributed by atoms with Crippen LogP contribution in [-0.2, 0) is 16.0 Å². The lowest BCUT2D eigenvalue weighted by Gasteiger charge is -2.23. The monoisotopic (exact) mass is 449 g/mol. The van der Waals surface area contributed by atoms with Gasteiger partial charge in [-0.05, 0) is 73.4 Å². The first-order chi connectivity index (χ1) is 15.8. The molecular formula is C26H24FNO5. The number of aryl methyl sites for hydroxylation is 2. The summed E-state index contributed by atoms with van der Waals surface area (Å²) in [4.78, 5) is 27.5. The summed E-state index contributed by atoms with van der Waals surface area (Å²) in [6.07, 6.45) is 1.86. The third-order valence-corrected chi connectivity index (χ3v) is 5.90. The van der Waals surface area contributed by atoms with Gasteiger partial charge in [0.1, 0.15) is 29.1 Å². The highest BCUT2D eigenvalue weighted by atomic mass is 19.1. The summed E-state index contributed by atoms with van der Waals surface area (Å²) in [5.74, 6) is -1.07. The molecule has 3 aromatic rings. The summed E-state index contributed by atoms with van der Waals surface area (Å²) in [5.41, 5.74) is 2.72. The molecule has 170 valence electrons. The maximum Gasteiger partial charge on any atom is 0.295 e. The average Bonchev–Trinajstić information content (AvgIpc) is 3.41. The highest BCUT2D eigenvalue weighted by molar-refractivity contribution is 6.46. The van der Waals surface area contributed by atoms with E-state index in [4.69, 9.17) is 9.15 Å². The lowest BCUT2D eigenvalue weighted by molar-refractivity contribution is -0.140. The van der Waals surface area contributed by atoms with Gasteiger partial charge in [-0.3, -0.25) is 9.59 Å². The van der Waals surface area contributed by atoms with Gasteiger partial charge in [0.2, 0.25) is 0 Å². The molecule has 1 amide bonds. The topological polar surface area (TPSA) is 80.0 Å². The van der Waals surface area contributed by atoms with E-state index in [0.29, 0.717) is 29.1 Å². The van der Waals surface area contributed by atoms with Crippen molar-refractivity contribution in [2.45, 2.75) is 26.3 Å². The Morgan fingerprint density at radius 1 is 1.12 bits per heavy atom. The zero-order chi connectivity index (χ0) is 23.7. The van der Waals surface area contributed by atoms with Crippen molar-refractivity contribution in [3.8, 4) is 5.75 Å². The number of carbonyl (C=O) groups excluding carboxylic acids is 2. The molecule has 33 heavy (non-hydrogen) atoms. The Morgan fingerprint density at radius 3 is 2.48 bits per heavy atom. The Labute approximate surface area is 190 Å². The Morgan fingerprint density at radius 2 is 1.85 bits per heavy atom. The molecule has 0 spiro atoms. The van der Waals surface area contributed by atoms with E-state index < -0.39 is 17.7 Å². The molecule has 1 aliphatic rings. The van der Waals surface area contributed by atoms with Crippen molar-refractivity contribution in [2.75, 3.05) is 13.7 Å². The predicted molar refractivity (Wildman–Crippen MR) is 120 cm³/mol. The number of likely N-dealkylation sites (tertiary alicyclic amines) is 1. The molecule has 2 heterocycles. The molecule has 4 rings (SSSR count). The summed E-state index contributed by atoms with van der Waals surface area (Å²) in [5, 5.41) is 11.2. The second-order valence-corrected chi connectivity index (χ2v) is 8.02. The molecule has 1 aliphatic heterocycles. The molecule has 0 radical (unpaired) electrons. The number of hydrogen-bond acceptors (Lipinski definition) is 5. The van der Waals surface area contributed by atoms with Gasteiger partial charge in [0.05, 0.1) is 18.9 Å². The second-order valence-electron chi connectivity index (χ2n) is 8.02. The zero-order valence-corrected chi connectivity index (χ0v) is 18.6. The number of furan rings is 1. The molecule has 0 aliphatic carbocycles. The molecule has 1 atom stereocenters. The van der Waals surface area contributed by atoms with Crippen LogP contribution in [0.1, 0.15) is 34.1 Å². The van der Waals surface area contributed by atoms with Gasteiger partial charge in [0, 0.05) is 12.1 Å². The minimum atomic E-state index is -0.873. The standard InChI is InChI=1S/C26H24FNO5/c1-15-14-21(32-3)16(2)13-19(15)24(29)22-23(20-5-4-12-33-20)28(26(31)25(22)30)11-10-17-6-8-18(27)9-7-17/h4-9,12-14,23,29H,10-11H2,1-3H3/b24-22-. The van der Waals surface area contributed by atoms with Gasteiger partial charge >= 0.3 is 0 Å². The number of aliphatic hydroxyl groups is 1. The number of nitrogens with zero attached hydrogens (tertiary/aromatic N) is 1. The molecular weight excluding hydrogens is 425 g/mol. The first-order valence-corrected chi connectivity index (χ1v) is 10.5. The molecule has 1 aromatic heterocycles. The summed E-state index contributed by atoms with van der Waals surface area (Å²) in [6, 6.07) is 11.9. The van der Waals surface area contributed by atoms with E-state index in [0.717, 1.165) is 11.1 Å². The molecule has 0 bridgehead atoms. The van der Waals surface area contributed by atoms with Crippen molar-refractivity contribution < 1.29 is 28.2 Å². The van der Waals surface area contributed by atoms with E-state index >= 15 is 0 Å². The van der Waals surface area contributed by atoms with Crippen molar-refractivity contribution in [3.63, 3.8) is 0 Å². The van der Waals surface area contributed by atoms with Crippen molar-refractivity contribution >= 4 is 17.4 Å². The quantitative estimate of drug-likeness (QED) is 0.335. The lowest BCUT2D eigenvalue weighted by atomic mass is 9.95. The smallest absolute Gasteiger partial charge is 0.295 e. The molecule has 1 saturated heterocycles. The predicted octanol–water partition coefficient (Wildman–Crippen LogP) is 4.71. The summed E-state index contributed by atoms with van der Waals surface area (Å²) in [7, 11) is 1.56. The number of ether oxygens (including phenoxy) is 1. The Hall–Kier alpha value is -3.87. The van der Waals surface area contributed by atoms with Gasteiger partial charge in [-0.2, -0.15) is 0 Å². The lowest BCUT2D eigenvalue weighted by Crippen LogP contribution is -2.31. The fraction of sp³-hybridized carbons (Fsp3) is 0.231. The Bertz CT molecular complexity index is 1230. The van der Waals surface area contributed by atoms with E-state index in [1.54, 1.807) is 50.4 Å². The number of ketones is 1. The second kappa shape index (κ2) is 8.94. The van der Waals surface area contributed by atoms with Gasteiger partial charge in [-0.15, -0.1) is 0 Å². The molecule has 1 unspecified atom stereocenters. The molecule has 2 aromatic carbocycles. The van der Waals surface area contributed by atoms with Gasteiger partial charge in [0.15, 0.2) is 0 Å². The van der Waals surface area contributed by atoms with Crippen LogP contribution >= 0.6 is 0 Å².